The number of rotatable bonds is 7. The smallest absolute Gasteiger partial charge is 0.326 e. The fourth-order valence-corrected chi connectivity index (χ4v) is 2.26. The number of esters is 1. The Morgan fingerprint density at radius 1 is 1.31 bits per heavy atom. The van der Waals surface area contributed by atoms with Gasteiger partial charge < -0.3 is 10.1 Å². The zero-order valence-electron chi connectivity index (χ0n) is 10.7. The lowest BCUT2D eigenvalue weighted by atomic mass is 9.94. The molecule has 1 rings (SSSR count). The maximum Gasteiger partial charge on any atom is 0.326 e. The summed E-state index contributed by atoms with van der Waals surface area (Å²) in [6.45, 7) is 5.76. The van der Waals surface area contributed by atoms with Gasteiger partial charge in [0.25, 0.3) is 0 Å². The number of hydrogen-bond acceptors (Lipinski definition) is 3. The number of unbranched alkanes of at least 4 members (excludes halogenated alkanes) is 3. The van der Waals surface area contributed by atoms with Gasteiger partial charge in [0.2, 0.25) is 0 Å². The van der Waals surface area contributed by atoms with Gasteiger partial charge in [-0.1, -0.05) is 33.1 Å². The molecule has 94 valence electrons. The van der Waals surface area contributed by atoms with Crippen LogP contribution in [0.2, 0.25) is 0 Å². The molecule has 1 unspecified atom stereocenters. The van der Waals surface area contributed by atoms with Crippen LogP contribution in [-0.4, -0.2) is 24.7 Å². The molecule has 0 amide bonds. The highest BCUT2D eigenvalue weighted by Crippen LogP contribution is 2.24. The Hall–Kier alpha value is -0.570. The standard InChI is InChI=1S/C13H25NO2/c1-3-5-6-7-11-16-12(15)13(4-2)9-8-10-14-13/h14H,3-11H2,1-2H3. The Bertz CT molecular complexity index is 210. The molecule has 0 spiro atoms. The van der Waals surface area contributed by atoms with Gasteiger partial charge in [-0.25, -0.2) is 0 Å². The lowest BCUT2D eigenvalue weighted by Gasteiger charge is -2.25. The third-order valence-corrected chi connectivity index (χ3v) is 3.47. The van der Waals surface area contributed by atoms with Gasteiger partial charge in [0.05, 0.1) is 6.61 Å². The normalized spacial score (nSPS) is 24.6. The van der Waals surface area contributed by atoms with Gasteiger partial charge in [-0.2, -0.15) is 0 Å². The second kappa shape index (κ2) is 6.89. The number of ether oxygens (including phenoxy) is 1. The molecule has 1 aliphatic heterocycles. The topological polar surface area (TPSA) is 38.3 Å². The molecule has 3 nitrogen and oxygen atoms in total. The molecule has 0 aromatic carbocycles. The van der Waals surface area contributed by atoms with Crippen molar-refractivity contribution in [2.24, 2.45) is 0 Å². The van der Waals surface area contributed by atoms with Crippen LogP contribution < -0.4 is 5.32 Å². The molecule has 1 atom stereocenters. The van der Waals surface area contributed by atoms with Gasteiger partial charge in [0, 0.05) is 0 Å². The number of carbonyl (C=O) groups is 1. The van der Waals surface area contributed by atoms with Crippen LogP contribution in [0.5, 0.6) is 0 Å². The minimum absolute atomic E-state index is 0.0380. The van der Waals surface area contributed by atoms with Crippen LogP contribution in [0.1, 0.15) is 58.8 Å². The van der Waals surface area contributed by atoms with Gasteiger partial charge in [0.15, 0.2) is 0 Å². The van der Waals surface area contributed by atoms with Crippen molar-refractivity contribution in [3.8, 4) is 0 Å². The van der Waals surface area contributed by atoms with Crippen molar-refractivity contribution < 1.29 is 9.53 Å². The summed E-state index contributed by atoms with van der Waals surface area (Å²) in [5.74, 6) is -0.0380. The van der Waals surface area contributed by atoms with E-state index in [1.807, 2.05) is 0 Å². The first-order valence-electron chi connectivity index (χ1n) is 6.67. The predicted octanol–water partition coefficient (Wildman–Crippen LogP) is 2.64. The molecule has 1 fully saturated rings. The van der Waals surface area contributed by atoms with E-state index in [1.165, 1.54) is 12.8 Å². The van der Waals surface area contributed by atoms with E-state index in [4.69, 9.17) is 4.74 Å². The molecule has 1 heterocycles. The molecule has 1 N–H and O–H groups in total. The van der Waals surface area contributed by atoms with Crippen molar-refractivity contribution in [2.45, 2.75) is 64.3 Å². The molecule has 1 saturated heterocycles. The Morgan fingerprint density at radius 2 is 2.12 bits per heavy atom. The zero-order chi connectivity index (χ0) is 11.9. The van der Waals surface area contributed by atoms with E-state index < -0.39 is 0 Å². The van der Waals surface area contributed by atoms with Crippen molar-refractivity contribution in [1.82, 2.24) is 5.32 Å². The van der Waals surface area contributed by atoms with E-state index in [2.05, 4.69) is 19.2 Å². The summed E-state index contributed by atoms with van der Waals surface area (Å²) in [6, 6.07) is 0. The maximum absolute atomic E-state index is 11.9. The summed E-state index contributed by atoms with van der Waals surface area (Å²) in [4.78, 5) is 11.9. The summed E-state index contributed by atoms with van der Waals surface area (Å²) >= 11 is 0. The fraction of sp³-hybridized carbons (Fsp3) is 0.923. The second-order valence-electron chi connectivity index (χ2n) is 4.66. The first-order valence-corrected chi connectivity index (χ1v) is 6.67. The summed E-state index contributed by atoms with van der Waals surface area (Å²) in [7, 11) is 0. The molecule has 1 aliphatic rings. The predicted molar refractivity (Wildman–Crippen MR) is 65.4 cm³/mol. The minimum atomic E-state index is -0.370. The van der Waals surface area contributed by atoms with Crippen molar-refractivity contribution >= 4 is 5.97 Å². The molecular weight excluding hydrogens is 202 g/mol. The van der Waals surface area contributed by atoms with E-state index in [0.29, 0.717) is 6.61 Å². The lowest BCUT2D eigenvalue weighted by Crippen LogP contribution is -2.48. The van der Waals surface area contributed by atoms with E-state index in [9.17, 15) is 4.79 Å². The van der Waals surface area contributed by atoms with Gasteiger partial charge in [-0.05, 0) is 32.2 Å². The van der Waals surface area contributed by atoms with Crippen molar-refractivity contribution in [2.75, 3.05) is 13.2 Å². The Kier molecular flexibility index (Phi) is 5.81. The summed E-state index contributed by atoms with van der Waals surface area (Å²) < 4.78 is 5.37. The monoisotopic (exact) mass is 227 g/mol. The van der Waals surface area contributed by atoms with Crippen molar-refractivity contribution in [3.63, 3.8) is 0 Å². The molecular formula is C13H25NO2. The average molecular weight is 227 g/mol. The molecule has 0 aromatic rings. The molecule has 0 bridgehead atoms. The van der Waals surface area contributed by atoms with Crippen LogP contribution in [-0.2, 0) is 9.53 Å². The summed E-state index contributed by atoms with van der Waals surface area (Å²) in [5, 5.41) is 3.30. The Balaban J connectivity index is 2.22. The van der Waals surface area contributed by atoms with E-state index in [0.717, 1.165) is 38.6 Å². The van der Waals surface area contributed by atoms with Crippen LogP contribution in [0.25, 0.3) is 0 Å². The van der Waals surface area contributed by atoms with Crippen LogP contribution in [0.4, 0.5) is 0 Å². The highest BCUT2D eigenvalue weighted by molar-refractivity contribution is 5.81. The zero-order valence-corrected chi connectivity index (χ0v) is 10.7. The largest absolute Gasteiger partial charge is 0.464 e. The van der Waals surface area contributed by atoms with Crippen molar-refractivity contribution in [3.05, 3.63) is 0 Å². The average Bonchev–Trinajstić information content (AvgIpc) is 2.78. The van der Waals surface area contributed by atoms with E-state index in [-0.39, 0.29) is 11.5 Å². The highest BCUT2D eigenvalue weighted by atomic mass is 16.5. The Labute approximate surface area is 98.9 Å². The third kappa shape index (κ3) is 3.48. The SMILES string of the molecule is CCCCCCOC(=O)C1(CC)CCCN1. The summed E-state index contributed by atoms with van der Waals surface area (Å²) in [6.07, 6.45) is 7.45. The summed E-state index contributed by atoms with van der Waals surface area (Å²) in [5.41, 5.74) is -0.370. The van der Waals surface area contributed by atoms with Crippen LogP contribution >= 0.6 is 0 Å². The molecule has 0 saturated carbocycles. The third-order valence-electron chi connectivity index (χ3n) is 3.47. The molecule has 3 heteroatoms. The fourth-order valence-electron chi connectivity index (χ4n) is 2.26. The second-order valence-corrected chi connectivity index (χ2v) is 4.66. The Morgan fingerprint density at radius 3 is 2.69 bits per heavy atom. The highest BCUT2D eigenvalue weighted by Gasteiger charge is 2.40. The molecule has 0 radical (unpaired) electrons. The maximum atomic E-state index is 11.9. The number of nitrogens with one attached hydrogen (secondary N) is 1. The van der Waals surface area contributed by atoms with Gasteiger partial charge in [-0.15, -0.1) is 0 Å². The van der Waals surface area contributed by atoms with Gasteiger partial charge >= 0.3 is 5.97 Å². The van der Waals surface area contributed by atoms with E-state index >= 15 is 0 Å². The van der Waals surface area contributed by atoms with Crippen molar-refractivity contribution in [1.29, 1.82) is 0 Å². The van der Waals surface area contributed by atoms with Crippen LogP contribution in [0, 0.1) is 0 Å². The molecule has 0 aromatic heterocycles. The minimum Gasteiger partial charge on any atom is -0.464 e. The quantitative estimate of drug-likeness (QED) is 0.537. The number of hydrogen-bond donors (Lipinski definition) is 1. The lowest BCUT2D eigenvalue weighted by molar-refractivity contribution is -0.151. The van der Waals surface area contributed by atoms with Crippen LogP contribution in [0.15, 0.2) is 0 Å². The number of carbonyl (C=O) groups excluding carboxylic acids is 1. The molecule has 0 aliphatic carbocycles. The van der Waals surface area contributed by atoms with Gasteiger partial charge in [-0.3, -0.25) is 4.79 Å². The first kappa shape index (κ1) is 13.5. The first-order chi connectivity index (χ1) is 7.75. The van der Waals surface area contributed by atoms with E-state index in [1.54, 1.807) is 0 Å². The van der Waals surface area contributed by atoms with Crippen LogP contribution in [0.3, 0.4) is 0 Å². The molecule has 16 heavy (non-hydrogen) atoms. The van der Waals surface area contributed by atoms with Gasteiger partial charge in [0.1, 0.15) is 5.54 Å².